The lowest BCUT2D eigenvalue weighted by atomic mass is 10.1. The second kappa shape index (κ2) is 4.99. The van der Waals surface area contributed by atoms with E-state index < -0.39 is 0 Å². The summed E-state index contributed by atoms with van der Waals surface area (Å²) in [4.78, 5) is 0. The van der Waals surface area contributed by atoms with Gasteiger partial charge in [-0.1, -0.05) is 30.3 Å². The van der Waals surface area contributed by atoms with Crippen LogP contribution in [0.2, 0.25) is 0 Å². The molecule has 0 unspecified atom stereocenters. The Labute approximate surface area is 96.9 Å². The Kier molecular flexibility index (Phi) is 3.42. The lowest BCUT2D eigenvalue weighted by Gasteiger charge is -2.11. The molecule has 0 fully saturated rings. The van der Waals surface area contributed by atoms with Crippen LogP contribution in [0.4, 0.5) is 0 Å². The number of aromatic nitrogens is 1. The molecule has 1 atom stereocenters. The number of hydrogen-bond donors (Lipinski definition) is 1. The van der Waals surface area contributed by atoms with Gasteiger partial charge in [-0.05, 0) is 19.1 Å². The Morgan fingerprint density at radius 3 is 2.50 bits per heavy atom. The molecule has 2 N–H and O–H groups in total. The lowest BCUT2D eigenvalue weighted by Crippen LogP contribution is -2.83. The lowest BCUT2D eigenvalue weighted by molar-refractivity contribution is -0.708. The van der Waals surface area contributed by atoms with Crippen LogP contribution in [-0.2, 0) is 13.6 Å². The Morgan fingerprint density at radius 2 is 1.88 bits per heavy atom. The van der Waals surface area contributed by atoms with Gasteiger partial charge in [0, 0.05) is 18.8 Å². The summed E-state index contributed by atoms with van der Waals surface area (Å²) in [5.74, 6) is 0. The zero-order valence-electron chi connectivity index (χ0n) is 9.93. The number of hydrogen-bond acceptors (Lipinski definition) is 0. The maximum Gasteiger partial charge on any atom is 0.117 e. The molecular formula is C14H19N2+. The average molecular weight is 215 g/mol. The number of rotatable bonds is 4. The molecule has 0 spiro atoms. The smallest absolute Gasteiger partial charge is 0.117 e. The van der Waals surface area contributed by atoms with Crippen LogP contribution >= 0.6 is 0 Å². The molecule has 2 aromatic rings. The Bertz CT molecular complexity index is 431. The predicted molar refractivity (Wildman–Crippen MR) is 65.9 cm³/mol. The van der Waals surface area contributed by atoms with Crippen molar-refractivity contribution in [2.24, 2.45) is 7.05 Å². The molecule has 0 bridgehead atoms. The van der Waals surface area contributed by atoms with E-state index >= 15 is 0 Å². The number of benzene rings is 1. The van der Waals surface area contributed by atoms with E-state index in [1.54, 1.807) is 0 Å². The molecule has 1 heterocycles. The fourth-order valence-corrected chi connectivity index (χ4v) is 1.90. The molecule has 1 aromatic carbocycles. The highest BCUT2D eigenvalue weighted by Crippen LogP contribution is 2.07. The Hall–Kier alpha value is -1.54. The van der Waals surface area contributed by atoms with E-state index in [2.05, 4.69) is 72.5 Å². The zero-order valence-corrected chi connectivity index (χ0v) is 9.93. The molecule has 0 aliphatic heterocycles. The van der Waals surface area contributed by atoms with Gasteiger partial charge in [0.2, 0.25) is 0 Å². The van der Waals surface area contributed by atoms with Gasteiger partial charge >= 0.3 is 0 Å². The van der Waals surface area contributed by atoms with Crippen LogP contribution in [0.5, 0.6) is 0 Å². The van der Waals surface area contributed by atoms with Crippen molar-refractivity contribution >= 4 is 0 Å². The van der Waals surface area contributed by atoms with E-state index in [0.29, 0.717) is 6.04 Å². The van der Waals surface area contributed by atoms with Crippen LogP contribution in [0.15, 0.2) is 48.7 Å². The van der Waals surface area contributed by atoms with Crippen LogP contribution in [0.3, 0.4) is 0 Å². The van der Waals surface area contributed by atoms with Gasteiger partial charge < -0.3 is 9.88 Å². The average Bonchev–Trinajstić information content (AvgIpc) is 2.73. The number of aryl methyl sites for hydroxylation is 1. The van der Waals surface area contributed by atoms with Gasteiger partial charge in [0.1, 0.15) is 12.6 Å². The van der Waals surface area contributed by atoms with Gasteiger partial charge in [0.25, 0.3) is 0 Å². The van der Waals surface area contributed by atoms with E-state index in [0.717, 1.165) is 6.54 Å². The van der Waals surface area contributed by atoms with Gasteiger partial charge in [-0.25, -0.2) is 0 Å². The monoisotopic (exact) mass is 215 g/mol. The van der Waals surface area contributed by atoms with E-state index in [4.69, 9.17) is 0 Å². The summed E-state index contributed by atoms with van der Waals surface area (Å²) in [6, 6.07) is 15.4. The fraction of sp³-hybridized carbons (Fsp3) is 0.286. The molecule has 2 nitrogen and oxygen atoms in total. The van der Waals surface area contributed by atoms with E-state index in [1.807, 2.05) is 0 Å². The van der Waals surface area contributed by atoms with Crippen LogP contribution in [0.25, 0.3) is 0 Å². The largest absolute Gasteiger partial charge is 0.350 e. The summed E-state index contributed by atoms with van der Waals surface area (Å²) in [7, 11) is 2.09. The van der Waals surface area contributed by atoms with Gasteiger partial charge in [-0.15, -0.1) is 0 Å². The van der Waals surface area contributed by atoms with Gasteiger partial charge in [0.05, 0.1) is 5.69 Å². The molecule has 0 aliphatic carbocycles. The van der Waals surface area contributed by atoms with Gasteiger partial charge in [0.15, 0.2) is 0 Å². The van der Waals surface area contributed by atoms with Crippen LogP contribution in [0.1, 0.15) is 24.2 Å². The van der Waals surface area contributed by atoms with Crippen molar-refractivity contribution in [1.29, 1.82) is 0 Å². The van der Waals surface area contributed by atoms with Crippen molar-refractivity contribution in [2.45, 2.75) is 19.5 Å². The SMILES string of the molecule is C[C@@H]([NH2+]Cc1cccn1C)c1ccccc1. The first-order chi connectivity index (χ1) is 7.77. The molecule has 0 saturated carbocycles. The minimum atomic E-state index is 0.510. The molecule has 84 valence electrons. The van der Waals surface area contributed by atoms with Gasteiger partial charge in [-0.3, -0.25) is 0 Å². The topological polar surface area (TPSA) is 21.5 Å². The van der Waals surface area contributed by atoms with Crippen LogP contribution in [0, 0.1) is 0 Å². The highest BCUT2D eigenvalue weighted by Gasteiger charge is 2.08. The Balaban J connectivity index is 1.94. The third-order valence-electron chi connectivity index (χ3n) is 3.06. The molecule has 2 rings (SSSR count). The minimum absolute atomic E-state index is 0.510. The van der Waals surface area contributed by atoms with Crippen LogP contribution in [-0.4, -0.2) is 4.57 Å². The van der Waals surface area contributed by atoms with Crippen molar-refractivity contribution in [2.75, 3.05) is 0 Å². The molecule has 16 heavy (non-hydrogen) atoms. The molecule has 1 aromatic heterocycles. The van der Waals surface area contributed by atoms with E-state index in [-0.39, 0.29) is 0 Å². The third-order valence-corrected chi connectivity index (χ3v) is 3.06. The number of nitrogens with two attached hydrogens (primary N) is 1. The van der Waals surface area contributed by atoms with E-state index in [1.165, 1.54) is 11.3 Å². The molecule has 0 aliphatic rings. The highest BCUT2D eigenvalue weighted by molar-refractivity contribution is 5.16. The van der Waals surface area contributed by atoms with Crippen molar-refractivity contribution in [3.05, 3.63) is 59.9 Å². The fourth-order valence-electron chi connectivity index (χ4n) is 1.90. The van der Waals surface area contributed by atoms with Gasteiger partial charge in [-0.2, -0.15) is 0 Å². The summed E-state index contributed by atoms with van der Waals surface area (Å²) in [5.41, 5.74) is 2.75. The zero-order chi connectivity index (χ0) is 11.4. The summed E-state index contributed by atoms with van der Waals surface area (Å²) >= 11 is 0. The predicted octanol–water partition coefficient (Wildman–Crippen LogP) is 1.85. The van der Waals surface area contributed by atoms with Crippen molar-refractivity contribution in [3.8, 4) is 0 Å². The summed E-state index contributed by atoms with van der Waals surface area (Å²) in [5, 5.41) is 2.37. The maximum atomic E-state index is 2.37. The van der Waals surface area contributed by atoms with Crippen molar-refractivity contribution < 1.29 is 5.32 Å². The standard InChI is InChI=1S/C14H18N2/c1-12(13-7-4-3-5-8-13)15-11-14-9-6-10-16(14)2/h3-10,12,15H,11H2,1-2H3/p+1/t12-/m1/s1. The quantitative estimate of drug-likeness (QED) is 0.804. The number of nitrogens with zero attached hydrogens (tertiary/aromatic N) is 1. The normalized spacial score (nSPS) is 12.6. The molecule has 0 amide bonds. The number of quaternary nitrogens is 1. The maximum absolute atomic E-state index is 2.37. The highest BCUT2D eigenvalue weighted by atomic mass is 15.0. The second-order valence-electron chi connectivity index (χ2n) is 4.25. The van der Waals surface area contributed by atoms with E-state index in [9.17, 15) is 0 Å². The molecular weight excluding hydrogens is 196 g/mol. The second-order valence-corrected chi connectivity index (χ2v) is 4.25. The summed E-state index contributed by atoms with van der Waals surface area (Å²) in [6.45, 7) is 3.28. The minimum Gasteiger partial charge on any atom is -0.350 e. The van der Waals surface area contributed by atoms with Crippen molar-refractivity contribution in [1.82, 2.24) is 4.57 Å². The molecule has 2 heteroatoms. The van der Waals surface area contributed by atoms with Crippen molar-refractivity contribution in [3.63, 3.8) is 0 Å². The third kappa shape index (κ3) is 2.52. The van der Waals surface area contributed by atoms with Crippen LogP contribution < -0.4 is 5.32 Å². The first kappa shape index (κ1) is 11.0. The molecule has 0 radical (unpaired) electrons. The molecule has 0 saturated heterocycles. The summed E-state index contributed by atoms with van der Waals surface area (Å²) in [6.07, 6.45) is 2.09. The first-order valence-electron chi connectivity index (χ1n) is 5.76. The Morgan fingerprint density at radius 1 is 1.12 bits per heavy atom. The summed E-state index contributed by atoms with van der Waals surface area (Å²) < 4.78 is 2.17. The first-order valence-corrected chi connectivity index (χ1v) is 5.76.